The summed E-state index contributed by atoms with van der Waals surface area (Å²) in [7, 11) is 0. The minimum absolute atomic E-state index is 0. The zero-order valence-electron chi connectivity index (χ0n) is 11.0. The second-order valence-electron chi connectivity index (χ2n) is 3.80. The van der Waals surface area contributed by atoms with Crippen LogP contribution in [0.2, 0.25) is 0 Å². The Hall–Kier alpha value is -0.290. The average molecular weight is 329 g/mol. The Morgan fingerprint density at radius 2 is 1.42 bits per heavy atom. The maximum absolute atomic E-state index is 5.56. The quantitative estimate of drug-likeness (QED) is 0.807. The van der Waals surface area contributed by atoms with Crippen molar-refractivity contribution in [2.75, 3.05) is 26.2 Å². The van der Waals surface area contributed by atoms with Gasteiger partial charge in [-0.05, 0) is 11.1 Å². The van der Waals surface area contributed by atoms with Crippen molar-refractivity contribution in [1.82, 2.24) is 4.90 Å². The van der Waals surface area contributed by atoms with Crippen LogP contribution in [0.3, 0.4) is 0 Å². The molecular formula is C13H24Cl3N3. The third kappa shape index (κ3) is 9.27. The first-order chi connectivity index (χ1) is 7.80. The van der Waals surface area contributed by atoms with Gasteiger partial charge in [0.1, 0.15) is 0 Å². The molecule has 4 N–H and O–H groups in total. The molecule has 0 aromatic heterocycles. The van der Waals surface area contributed by atoms with E-state index in [0.29, 0.717) is 13.1 Å². The molecule has 0 radical (unpaired) electrons. The van der Waals surface area contributed by atoms with Gasteiger partial charge in [-0.1, -0.05) is 36.9 Å². The van der Waals surface area contributed by atoms with Crippen LogP contribution in [0.15, 0.2) is 30.8 Å². The number of nitrogens with two attached hydrogens (primary N) is 2. The zero-order chi connectivity index (χ0) is 11.8. The Morgan fingerprint density at radius 3 is 1.79 bits per heavy atom. The molecule has 1 rings (SSSR count). The van der Waals surface area contributed by atoms with Gasteiger partial charge >= 0.3 is 0 Å². The van der Waals surface area contributed by atoms with E-state index >= 15 is 0 Å². The van der Waals surface area contributed by atoms with Crippen LogP contribution < -0.4 is 11.5 Å². The molecule has 0 fully saturated rings. The molecule has 0 atom stereocenters. The fourth-order valence-electron chi connectivity index (χ4n) is 1.65. The fraction of sp³-hybridized carbons (Fsp3) is 0.385. The molecule has 0 bridgehead atoms. The topological polar surface area (TPSA) is 55.3 Å². The van der Waals surface area contributed by atoms with Gasteiger partial charge in [0.2, 0.25) is 0 Å². The van der Waals surface area contributed by atoms with Gasteiger partial charge in [-0.25, -0.2) is 0 Å². The summed E-state index contributed by atoms with van der Waals surface area (Å²) in [6.45, 7) is 7.77. The second-order valence-corrected chi connectivity index (χ2v) is 3.80. The van der Waals surface area contributed by atoms with Crippen molar-refractivity contribution in [3.63, 3.8) is 0 Å². The number of nitrogens with zero attached hydrogens (tertiary/aromatic N) is 1. The van der Waals surface area contributed by atoms with Crippen LogP contribution in [-0.4, -0.2) is 31.1 Å². The summed E-state index contributed by atoms with van der Waals surface area (Å²) in [5, 5.41) is 0. The summed E-state index contributed by atoms with van der Waals surface area (Å²) in [5.41, 5.74) is 13.6. The van der Waals surface area contributed by atoms with Crippen LogP contribution in [-0.2, 0) is 6.54 Å². The normalized spacial score (nSPS) is 9.00. The maximum atomic E-state index is 5.56. The molecule has 0 spiro atoms. The molecule has 0 heterocycles. The molecule has 0 saturated carbocycles. The highest BCUT2D eigenvalue weighted by Crippen LogP contribution is 2.08. The molecule has 6 heteroatoms. The number of halogens is 3. The predicted octanol–water partition coefficient (Wildman–Crippen LogP) is 2.31. The van der Waals surface area contributed by atoms with Gasteiger partial charge in [-0.15, -0.1) is 37.2 Å². The van der Waals surface area contributed by atoms with Crippen LogP contribution in [0.4, 0.5) is 0 Å². The number of hydrogen-bond donors (Lipinski definition) is 2. The summed E-state index contributed by atoms with van der Waals surface area (Å²) < 4.78 is 0. The van der Waals surface area contributed by atoms with Gasteiger partial charge in [-0.3, -0.25) is 4.90 Å². The van der Waals surface area contributed by atoms with Crippen molar-refractivity contribution in [2.45, 2.75) is 6.54 Å². The van der Waals surface area contributed by atoms with Crippen molar-refractivity contribution < 1.29 is 0 Å². The Bertz CT molecular complexity index is 311. The fourth-order valence-corrected chi connectivity index (χ4v) is 1.65. The SMILES string of the molecule is C=Cc1ccc(CN(CCN)CCN)cc1.Cl.Cl.Cl. The third-order valence-electron chi connectivity index (χ3n) is 2.51. The van der Waals surface area contributed by atoms with E-state index in [1.165, 1.54) is 5.56 Å². The molecule has 19 heavy (non-hydrogen) atoms. The average Bonchev–Trinajstić information content (AvgIpc) is 2.31. The molecular weight excluding hydrogens is 305 g/mol. The van der Waals surface area contributed by atoms with Gasteiger partial charge in [0.15, 0.2) is 0 Å². The van der Waals surface area contributed by atoms with E-state index in [2.05, 4.69) is 35.7 Å². The van der Waals surface area contributed by atoms with Crippen molar-refractivity contribution in [2.24, 2.45) is 11.5 Å². The first-order valence-electron chi connectivity index (χ1n) is 5.64. The summed E-state index contributed by atoms with van der Waals surface area (Å²) in [5.74, 6) is 0. The minimum Gasteiger partial charge on any atom is -0.329 e. The zero-order valence-corrected chi connectivity index (χ0v) is 13.4. The first-order valence-corrected chi connectivity index (χ1v) is 5.64. The lowest BCUT2D eigenvalue weighted by Gasteiger charge is -2.20. The van der Waals surface area contributed by atoms with Gasteiger partial charge in [0.05, 0.1) is 0 Å². The number of benzene rings is 1. The second kappa shape index (κ2) is 14.1. The van der Waals surface area contributed by atoms with E-state index in [4.69, 9.17) is 11.5 Å². The molecule has 3 nitrogen and oxygen atoms in total. The standard InChI is InChI=1S/C13H21N3.3ClH/c1-2-12-3-5-13(6-4-12)11-16(9-7-14)10-8-15;;;/h2-6H,1,7-11,14-15H2;3*1H. The van der Waals surface area contributed by atoms with Gasteiger partial charge in [0.25, 0.3) is 0 Å². The largest absolute Gasteiger partial charge is 0.329 e. The Kier molecular flexibility index (Phi) is 17.7. The summed E-state index contributed by atoms with van der Waals surface area (Å²) in [6.07, 6.45) is 1.85. The Balaban J connectivity index is -0.000000853. The molecule has 0 aliphatic rings. The maximum Gasteiger partial charge on any atom is 0.0234 e. The van der Waals surface area contributed by atoms with E-state index in [1.807, 2.05) is 6.08 Å². The number of hydrogen-bond acceptors (Lipinski definition) is 3. The van der Waals surface area contributed by atoms with Crippen LogP contribution in [0.5, 0.6) is 0 Å². The van der Waals surface area contributed by atoms with Crippen LogP contribution >= 0.6 is 37.2 Å². The van der Waals surface area contributed by atoms with Crippen LogP contribution in [0, 0.1) is 0 Å². The highest BCUT2D eigenvalue weighted by molar-refractivity contribution is 5.86. The molecule has 0 aliphatic carbocycles. The van der Waals surface area contributed by atoms with E-state index in [-0.39, 0.29) is 37.2 Å². The molecule has 0 amide bonds. The van der Waals surface area contributed by atoms with Crippen molar-refractivity contribution >= 4 is 43.3 Å². The summed E-state index contributed by atoms with van der Waals surface area (Å²) >= 11 is 0. The van der Waals surface area contributed by atoms with Crippen molar-refractivity contribution in [3.05, 3.63) is 42.0 Å². The predicted molar refractivity (Wildman–Crippen MR) is 91.7 cm³/mol. The molecule has 112 valence electrons. The summed E-state index contributed by atoms with van der Waals surface area (Å²) in [6, 6.07) is 8.39. The van der Waals surface area contributed by atoms with Crippen LogP contribution in [0.1, 0.15) is 11.1 Å². The first kappa shape index (κ1) is 23.8. The van der Waals surface area contributed by atoms with Crippen molar-refractivity contribution in [3.8, 4) is 0 Å². The lowest BCUT2D eigenvalue weighted by atomic mass is 10.1. The molecule has 0 unspecified atom stereocenters. The highest BCUT2D eigenvalue weighted by atomic mass is 35.5. The van der Waals surface area contributed by atoms with E-state index < -0.39 is 0 Å². The van der Waals surface area contributed by atoms with Gasteiger partial charge in [-0.2, -0.15) is 0 Å². The molecule has 0 aliphatic heterocycles. The Morgan fingerprint density at radius 1 is 0.947 bits per heavy atom. The third-order valence-corrected chi connectivity index (χ3v) is 2.51. The lowest BCUT2D eigenvalue weighted by Crippen LogP contribution is -2.33. The van der Waals surface area contributed by atoms with Crippen LogP contribution in [0.25, 0.3) is 6.08 Å². The van der Waals surface area contributed by atoms with Crippen molar-refractivity contribution in [1.29, 1.82) is 0 Å². The van der Waals surface area contributed by atoms with Gasteiger partial charge in [0, 0.05) is 32.7 Å². The summed E-state index contributed by atoms with van der Waals surface area (Å²) in [4.78, 5) is 2.27. The highest BCUT2D eigenvalue weighted by Gasteiger charge is 2.03. The lowest BCUT2D eigenvalue weighted by molar-refractivity contribution is 0.281. The smallest absolute Gasteiger partial charge is 0.0234 e. The minimum atomic E-state index is 0. The molecule has 1 aromatic carbocycles. The number of rotatable bonds is 7. The van der Waals surface area contributed by atoms with Gasteiger partial charge < -0.3 is 11.5 Å². The molecule has 0 saturated heterocycles. The van der Waals surface area contributed by atoms with E-state index in [1.54, 1.807) is 0 Å². The molecule has 1 aromatic rings. The van der Waals surface area contributed by atoms with E-state index in [9.17, 15) is 0 Å². The Labute approximate surface area is 134 Å². The van der Waals surface area contributed by atoms with E-state index in [0.717, 1.165) is 25.2 Å². The monoisotopic (exact) mass is 327 g/mol.